The molecular weight excluding hydrogens is 496 g/mol. The quantitative estimate of drug-likeness (QED) is 0.166. The molecule has 0 unspecified atom stereocenters. The number of nitrogens with one attached hydrogen (secondary N) is 1. The van der Waals surface area contributed by atoms with Crippen molar-refractivity contribution >= 4 is 5.91 Å². The zero-order valence-corrected chi connectivity index (χ0v) is 22.6. The van der Waals surface area contributed by atoms with Crippen molar-refractivity contribution in [1.29, 1.82) is 0 Å². The molecule has 0 bridgehead atoms. The molecule has 0 spiro atoms. The number of amides is 1. The number of nitrogens with two attached hydrogens (primary N) is 1. The molecule has 3 aromatic carbocycles. The Bertz CT molecular complexity index is 1180. The zero-order chi connectivity index (χ0) is 28.0. The van der Waals surface area contributed by atoms with Gasteiger partial charge in [0, 0.05) is 17.7 Å². The minimum atomic E-state index is -0.732. The van der Waals surface area contributed by atoms with Gasteiger partial charge in [-0.1, -0.05) is 43.7 Å². The average Bonchev–Trinajstić information content (AvgIpc) is 2.95. The molecule has 0 aliphatic heterocycles. The second-order valence-electron chi connectivity index (χ2n) is 9.47. The Kier molecular flexibility index (Phi) is 12.2. The van der Waals surface area contributed by atoms with Gasteiger partial charge < -0.3 is 35.8 Å². The maximum absolute atomic E-state index is 11.8. The van der Waals surface area contributed by atoms with Crippen molar-refractivity contribution in [3.05, 3.63) is 94.0 Å². The van der Waals surface area contributed by atoms with Crippen LogP contribution in [0.4, 0.5) is 0 Å². The summed E-state index contributed by atoms with van der Waals surface area (Å²) in [5.41, 5.74) is 10.3. The predicted octanol–water partition coefficient (Wildman–Crippen LogP) is 3.79. The van der Waals surface area contributed by atoms with E-state index in [9.17, 15) is 20.1 Å². The van der Waals surface area contributed by atoms with Gasteiger partial charge in [0.2, 0.25) is 5.91 Å². The highest BCUT2D eigenvalue weighted by molar-refractivity contribution is 5.94. The number of hydrogen-bond donors (Lipinski definition) is 5. The molecule has 0 aliphatic rings. The van der Waals surface area contributed by atoms with Gasteiger partial charge in [-0.3, -0.25) is 4.79 Å². The molecule has 0 heterocycles. The molecule has 39 heavy (non-hydrogen) atoms. The summed E-state index contributed by atoms with van der Waals surface area (Å²) < 4.78 is 11.6. The number of phenols is 1. The van der Waals surface area contributed by atoms with E-state index in [1.54, 1.807) is 18.2 Å². The third-order valence-corrected chi connectivity index (χ3v) is 6.58. The summed E-state index contributed by atoms with van der Waals surface area (Å²) >= 11 is 0. The second kappa shape index (κ2) is 15.9. The van der Waals surface area contributed by atoms with Gasteiger partial charge in [0.1, 0.15) is 18.1 Å². The third-order valence-electron chi connectivity index (χ3n) is 6.58. The molecule has 1 amide bonds. The zero-order valence-electron chi connectivity index (χ0n) is 22.6. The van der Waals surface area contributed by atoms with Crippen LogP contribution in [-0.2, 0) is 30.8 Å². The van der Waals surface area contributed by atoms with Gasteiger partial charge in [-0.25, -0.2) is 0 Å². The highest BCUT2D eigenvalue weighted by Gasteiger charge is 2.13. The van der Waals surface area contributed by atoms with Crippen LogP contribution in [-0.4, -0.2) is 47.5 Å². The summed E-state index contributed by atoms with van der Waals surface area (Å²) in [6.07, 6.45) is 2.88. The monoisotopic (exact) mass is 536 g/mol. The predicted molar refractivity (Wildman–Crippen MR) is 151 cm³/mol. The van der Waals surface area contributed by atoms with Gasteiger partial charge in [-0.2, -0.15) is 0 Å². The lowest BCUT2D eigenvalue weighted by Gasteiger charge is -2.14. The number of unbranched alkanes of at least 4 members (excludes halogenated alkanes) is 1. The van der Waals surface area contributed by atoms with E-state index in [-0.39, 0.29) is 12.4 Å². The SMILES string of the molecule is CCCCc1c(COCCOc2ccc(CCNC[C@H](O)c3ccc(O)c(CO)c3)cc2)cccc1C(N)=O. The van der Waals surface area contributed by atoms with E-state index in [1.165, 1.54) is 6.07 Å². The highest BCUT2D eigenvalue weighted by Crippen LogP contribution is 2.22. The molecule has 0 saturated carbocycles. The normalized spacial score (nSPS) is 11.9. The molecule has 8 nitrogen and oxygen atoms in total. The van der Waals surface area contributed by atoms with Gasteiger partial charge >= 0.3 is 0 Å². The minimum absolute atomic E-state index is 0.0186. The molecular formula is C31H40N2O6. The summed E-state index contributed by atoms with van der Waals surface area (Å²) in [5.74, 6) is 0.372. The first-order valence-corrected chi connectivity index (χ1v) is 13.4. The molecule has 6 N–H and O–H groups in total. The molecule has 8 heteroatoms. The molecule has 0 saturated heterocycles. The second-order valence-corrected chi connectivity index (χ2v) is 9.47. The first-order chi connectivity index (χ1) is 18.9. The number of rotatable bonds is 17. The van der Waals surface area contributed by atoms with E-state index in [4.69, 9.17) is 15.2 Å². The van der Waals surface area contributed by atoms with Crippen LogP contribution in [0.5, 0.6) is 11.5 Å². The molecule has 0 fully saturated rings. The van der Waals surface area contributed by atoms with Crippen molar-refractivity contribution in [1.82, 2.24) is 5.32 Å². The number of primary amides is 1. The third kappa shape index (κ3) is 9.37. The average molecular weight is 537 g/mol. The highest BCUT2D eigenvalue weighted by atomic mass is 16.5. The molecule has 1 atom stereocenters. The Balaban J connectivity index is 1.36. The van der Waals surface area contributed by atoms with Gasteiger partial charge in [-0.05, 0) is 78.4 Å². The maximum Gasteiger partial charge on any atom is 0.248 e. The molecule has 210 valence electrons. The molecule has 3 aromatic rings. The Morgan fingerprint density at radius 1 is 1.03 bits per heavy atom. The Morgan fingerprint density at radius 3 is 2.54 bits per heavy atom. The van der Waals surface area contributed by atoms with Crippen LogP contribution in [0.3, 0.4) is 0 Å². The molecule has 3 rings (SSSR count). The fourth-order valence-electron chi connectivity index (χ4n) is 4.33. The standard InChI is InChI=1S/C31H40N2O6/c1-2-3-6-27-24(5-4-7-28(27)31(32)37)21-38-16-17-39-26-11-8-22(9-12-26)14-15-33-19-30(36)23-10-13-29(35)25(18-23)20-34/h4-5,7-13,18,30,33-36H,2-3,6,14-17,19-21H2,1H3,(H2,32,37)/t30-/m0/s1. The number of aliphatic hydroxyl groups excluding tert-OH is 2. The van der Waals surface area contributed by atoms with Crippen molar-refractivity contribution in [2.45, 2.75) is 51.9 Å². The van der Waals surface area contributed by atoms with E-state index >= 15 is 0 Å². The molecule has 0 aliphatic carbocycles. The van der Waals surface area contributed by atoms with Crippen LogP contribution in [0, 0.1) is 0 Å². The first-order valence-electron chi connectivity index (χ1n) is 13.4. The summed E-state index contributed by atoms with van der Waals surface area (Å²) in [7, 11) is 0. The Morgan fingerprint density at radius 2 is 1.82 bits per heavy atom. The summed E-state index contributed by atoms with van der Waals surface area (Å²) in [4.78, 5) is 11.8. The lowest BCUT2D eigenvalue weighted by Crippen LogP contribution is -2.23. The number of aliphatic hydroxyl groups is 2. The summed E-state index contributed by atoms with van der Waals surface area (Å²) in [5, 5.41) is 32.5. The number of benzene rings is 3. The largest absolute Gasteiger partial charge is 0.508 e. The van der Waals surface area contributed by atoms with Gasteiger partial charge in [0.15, 0.2) is 0 Å². The number of aromatic hydroxyl groups is 1. The lowest BCUT2D eigenvalue weighted by atomic mass is 9.96. The van der Waals surface area contributed by atoms with Crippen LogP contribution in [0.25, 0.3) is 0 Å². The van der Waals surface area contributed by atoms with Crippen molar-refractivity contribution in [3.8, 4) is 11.5 Å². The van der Waals surface area contributed by atoms with Gasteiger partial charge in [0.05, 0.1) is 25.9 Å². The summed E-state index contributed by atoms with van der Waals surface area (Å²) in [6, 6.07) is 18.2. The number of hydrogen-bond acceptors (Lipinski definition) is 7. The van der Waals surface area contributed by atoms with Crippen LogP contribution in [0.15, 0.2) is 60.7 Å². The molecule has 0 radical (unpaired) electrons. The maximum atomic E-state index is 11.8. The van der Waals surface area contributed by atoms with E-state index in [0.29, 0.717) is 49.6 Å². The molecule has 0 aromatic heterocycles. The fourth-order valence-corrected chi connectivity index (χ4v) is 4.33. The fraction of sp³-hybridized carbons (Fsp3) is 0.387. The van der Waals surface area contributed by atoms with Crippen LogP contribution in [0.1, 0.15) is 64.0 Å². The number of ether oxygens (including phenoxy) is 2. The topological polar surface area (TPSA) is 134 Å². The Hall–Kier alpha value is -3.43. The van der Waals surface area contributed by atoms with Crippen LogP contribution in [0.2, 0.25) is 0 Å². The van der Waals surface area contributed by atoms with E-state index in [0.717, 1.165) is 48.1 Å². The Labute approximate surface area is 230 Å². The minimum Gasteiger partial charge on any atom is -0.508 e. The number of carbonyl (C=O) groups is 1. The van der Waals surface area contributed by atoms with Crippen molar-refractivity contribution in [2.24, 2.45) is 5.73 Å². The van der Waals surface area contributed by atoms with E-state index in [1.807, 2.05) is 36.4 Å². The van der Waals surface area contributed by atoms with Gasteiger partial charge in [0.25, 0.3) is 0 Å². The van der Waals surface area contributed by atoms with Crippen molar-refractivity contribution < 1.29 is 29.6 Å². The first kappa shape index (κ1) is 30.1. The van der Waals surface area contributed by atoms with Gasteiger partial charge in [-0.15, -0.1) is 0 Å². The van der Waals surface area contributed by atoms with Crippen LogP contribution >= 0.6 is 0 Å². The summed E-state index contributed by atoms with van der Waals surface area (Å²) in [6.45, 7) is 4.12. The smallest absolute Gasteiger partial charge is 0.248 e. The van der Waals surface area contributed by atoms with Crippen molar-refractivity contribution in [2.75, 3.05) is 26.3 Å². The lowest BCUT2D eigenvalue weighted by molar-refractivity contribution is 0.0882. The van der Waals surface area contributed by atoms with E-state index < -0.39 is 12.0 Å². The van der Waals surface area contributed by atoms with Crippen LogP contribution < -0.4 is 15.8 Å². The van der Waals surface area contributed by atoms with E-state index in [2.05, 4.69) is 12.2 Å². The number of carbonyl (C=O) groups excluding carboxylic acids is 1. The van der Waals surface area contributed by atoms with Crippen molar-refractivity contribution in [3.63, 3.8) is 0 Å².